The highest BCUT2D eigenvalue weighted by Gasteiger charge is 2.23. The zero-order chi connectivity index (χ0) is 10.3. The second-order valence-corrected chi connectivity index (χ2v) is 3.72. The van der Waals surface area contributed by atoms with Crippen molar-refractivity contribution >= 4 is 0 Å². The first-order valence-electron chi connectivity index (χ1n) is 5.10. The lowest BCUT2D eigenvalue weighted by molar-refractivity contribution is 0.0208. The first kappa shape index (κ1) is 12.4. The van der Waals surface area contributed by atoms with E-state index in [1.165, 1.54) is 0 Å². The molecule has 0 aromatic rings. The van der Waals surface area contributed by atoms with Gasteiger partial charge in [-0.15, -0.1) is 0 Å². The Morgan fingerprint density at radius 3 is 2.38 bits per heavy atom. The molecule has 0 bridgehead atoms. The number of rotatable bonds is 5. The van der Waals surface area contributed by atoms with E-state index in [0.29, 0.717) is 0 Å². The van der Waals surface area contributed by atoms with E-state index >= 15 is 0 Å². The van der Waals surface area contributed by atoms with Crippen LogP contribution in [0.3, 0.4) is 0 Å². The molecule has 1 unspecified atom stereocenters. The highest BCUT2D eigenvalue weighted by molar-refractivity contribution is 5.06. The Morgan fingerprint density at radius 2 is 1.92 bits per heavy atom. The van der Waals surface area contributed by atoms with E-state index in [4.69, 9.17) is 0 Å². The van der Waals surface area contributed by atoms with Gasteiger partial charge >= 0.3 is 0 Å². The van der Waals surface area contributed by atoms with Crippen LogP contribution in [0.4, 0.5) is 0 Å². The Morgan fingerprint density at radius 1 is 1.31 bits per heavy atom. The van der Waals surface area contributed by atoms with Crippen molar-refractivity contribution in [1.29, 1.82) is 0 Å². The molecule has 0 aliphatic heterocycles. The lowest BCUT2D eigenvalue weighted by Gasteiger charge is -2.26. The summed E-state index contributed by atoms with van der Waals surface area (Å²) >= 11 is 0. The fourth-order valence-corrected chi connectivity index (χ4v) is 0.975. The van der Waals surface area contributed by atoms with Crippen LogP contribution < -0.4 is 0 Å². The molecular weight excluding hydrogens is 160 g/mol. The Balaban J connectivity index is 4.06. The van der Waals surface area contributed by atoms with Gasteiger partial charge in [0.25, 0.3) is 0 Å². The predicted molar refractivity (Wildman–Crippen MR) is 58.6 cm³/mol. The number of hydrogen-bond donors (Lipinski definition) is 1. The van der Waals surface area contributed by atoms with Gasteiger partial charge in [0.1, 0.15) is 0 Å². The Kier molecular flexibility index (Phi) is 5.72. The number of aliphatic hydroxyl groups is 1. The average Bonchev–Trinajstić information content (AvgIpc) is 2.12. The maximum atomic E-state index is 9.87. The second-order valence-electron chi connectivity index (χ2n) is 3.72. The molecule has 0 aromatic heterocycles. The van der Waals surface area contributed by atoms with Gasteiger partial charge in [-0.3, -0.25) is 0 Å². The smallest absolute Gasteiger partial charge is 0.0676 e. The summed E-state index contributed by atoms with van der Waals surface area (Å²) < 4.78 is 0. The second kappa shape index (κ2) is 5.98. The molecule has 2 atom stereocenters. The summed E-state index contributed by atoms with van der Waals surface area (Å²) in [6.45, 7) is 8.04. The van der Waals surface area contributed by atoms with Crippen LogP contribution in [-0.2, 0) is 0 Å². The van der Waals surface area contributed by atoms with Crippen molar-refractivity contribution in [3.05, 3.63) is 24.3 Å². The molecule has 76 valence electrons. The normalized spacial score (nSPS) is 19.5. The Hall–Kier alpha value is -0.560. The minimum atomic E-state index is -0.573. The van der Waals surface area contributed by atoms with Crippen LogP contribution in [0, 0.1) is 5.92 Å². The van der Waals surface area contributed by atoms with Crippen molar-refractivity contribution in [2.75, 3.05) is 0 Å². The maximum absolute atomic E-state index is 9.87. The van der Waals surface area contributed by atoms with E-state index in [-0.39, 0.29) is 5.92 Å². The first-order valence-corrected chi connectivity index (χ1v) is 5.10. The van der Waals surface area contributed by atoms with E-state index in [1.54, 1.807) is 0 Å². The topological polar surface area (TPSA) is 20.2 Å². The van der Waals surface area contributed by atoms with Crippen LogP contribution in [0.15, 0.2) is 24.3 Å². The molecule has 0 heterocycles. The van der Waals surface area contributed by atoms with Gasteiger partial charge in [-0.25, -0.2) is 0 Å². The van der Waals surface area contributed by atoms with Gasteiger partial charge in [-0.1, -0.05) is 45.1 Å². The molecule has 0 amide bonds. The third kappa shape index (κ3) is 4.89. The first-order chi connectivity index (χ1) is 6.04. The molecular formula is C12H22O. The van der Waals surface area contributed by atoms with Crippen molar-refractivity contribution in [3.63, 3.8) is 0 Å². The Bertz CT molecular complexity index is 178. The van der Waals surface area contributed by atoms with E-state index in [0.717, 1.165) is 12.8 Å². The van der Waals surface area contributed by atoms with Gasteiger partial charge in [0.2, 0.25) is 0 Å². The highest BCUT2D eigenvalue weighted by Crippen LogP contribution is 2.21. The van der Waals surface area contributed by atoms with E-state index in [1.807, 2.05) is 32.9 Å². The number of allylic oxidation sites excluding steroid dienone is 3. The summed E-state index contributed by atoms with van der Waals surface area (Å²) in [4.78, 5) is 0. The lowest BCUT2D eigenvalue weighted by atomic mass is 9.88. The largest absolute Gasteiger partial charge is 0.390 e. The molecule has 0 radical (unpaired) electrons. The molecule has 0 saturated heterocycles. The summed E-state index contributed by atoms with van der Waals surface area (Å²) in [5.41, 5.74) is -0.573. The molecule has 0 aliphatic carbocycles. The van der Waals surface area contributed by atoms with E-state index < -0.39 is 5.60 Å². The predicted octanol–water partition coefficient (Wildman–Crippen LogP) is 3.31. The average molecular weight is 182 g/mol. The van der Waals surface area contributed by atoms with Gasteiger partial charge in [0.15, 0.2) is 0 Å². The third-order valence-electron chi connectivity index (χ3n) is 2.58. The molecule has 0 spiro atoms. The Labute approximate surface area is 82.2 Å². The van der Waals surface area contributed by atoms with Crippen LogP contribution in [0.2, 0.25) is 0 Å². The summed E-state index contributed by atoms with van der Waals surface area (Å²) in [5.74, 6) is 0.207. The standard InChI is InChI=1S/C12H22O/c1-5-7-8-9-10-11(3)12(4,13)6-2/h7-11,13H,5-6H2,1-4H3/b8-7+,10-9+/t11?,12-/m1/s1. The van der Waals surface area contributed by atoms with Crippen LogP contribution in [0.1, 0.15) is 40.5 Å². The van der Waals surface area contributed by atoms with Crippen LogP contribution >= 0.6 is 0 Å². The van der Waals surface area contributed by atoms with Gasteiger partial charge in [0.05, 0.1) is 5.60 Å². The van der Waals surface area contributed by atoms with Crippen molar-refractivity contribution in [2.45, 2.75) is 46.1 Å². The molecule has 13 heavy (non-hydrogen) atoms. The lowest BCUT2D eigenvalue weighted by Crippen LogP contribution is -2.30. The fraction of sp³-hybridized carbons (Fsp3) is 0.667. The van der Waals surface area contributed by atoms with Crippen molar-refractivity contribution in [2.24, 2.45) is 5.92 Å². The molecule has 1 N–H and O–H groups in total. The summed E-state index contributed by atoms with van der Waals surface area (Å²) in [7, 11) is 0. The van der Waals surface area contributed by atoms with Gasteiger partial charge in [-0.2, -0.15) is 0 Å². The van der Waals surface area contributed by atoms with Crippen molar-refractivity contribution in [3.8, 4) is 0 Å². The zero-order valence-electron chi connectivity index (χ0n) is 9.25. The van der Waals surface area contributed by atoms with Crippen LogP contribution in [-0.4, -0.2) is 10.7 Å². The van der Waals surface area contributed by atoms with Gasteiger partial charge in [-0.05, 0) is 19.8 Å². The maximum Gasteiger partial charge on any atom is 0.0676 e. The minimum absolute atomic E-state index is 0.207. The van der Waals surface area contributed by atoms with E-state index in [9.17, 15) is 5.11 Å². The molecule has 1 heteroatoms. The van der Waals surface area contributed by atoms with Crippen molar-refractivity contribution in [1.82, 2.24) is 0 Å². The number of hydrogen-bond acceptors (Lipinski definition) is 1. The monoisotopic (exact) mass is 182 g/mol. The summed E-state index contributed by atoms with van der Waals surface area (Å²) in [6.07, 6.45) is 10.0. The SMILES string of the molecule is CC/C=C/C=C/C(C)[C@](C)(O)CC. The summed E-state index contributed by atoms with van der Waals surface area (Å²) in [6, 6.07) is 0. The van der Waals surface area contributed by atoms with Crippen LogP contribution in [0.5, 0.6) is 0 Å². The fourth-order valence-electron chi connectivity index (χ4n) is 0.975. The molecule has 0 rings (SSSR count). The highest BCUT2D eigenvalue weighted by atomic mass is 16.3. The van der Waals surface area contributed by atoms with Gasteiger partial charge < -0.3 is 5.11 Å². The van der Waals surface area contributed by atoms with E-state index in [2.05, 4.69) is 19.1 Å². The molecule has 0 aliphatic rings. The summed E-state index contributed by atoms with van der Waals surface area (Å²) in [5, 5.41) is 9.87. The molecule has 0 aromatic carbocycles. The molecule has 0 fully saturated rings. The minimum Gasteiger partial charge on any atom is -0.390 e. The van der Waals surface area contributed by atoms with Crippen LogP contribution in [0.25, 0.3) is 0 Å². The third-order valence-corrected chi connectivity index (χ3v) is 2.58. The molecule has 1 nitrogen and oxygen atoms in total. The quantitative estimate of drug-likeness (QED) is 0.647. The molecule has 0 saturated carbocycles. The van der Waals surface area contributed by atoms with Crippen molar-refractivity contribution < 1.29 is 5.11 Å². The van der Waals surface area contributed by atoms with Gasteiger partial charge in [0, 0.05) is 5.92 Å². The zero-order valence-corrected chi connectivity index (χ0v) is 9.25.